The SMILES string of the molecule is Cc1ccc(-n2sc(=NC(=S)Nc3ccccc3)nc2-c2ccccc2)cc1. The second-order valence-corrected chi connectivity index (χ2v) is 7.51. The van der Waals surface area contributed by atoms with Gasteiger partial charge >= 0.3 is 0 Å². The van der Waals surface area contributed by atoms with Crippen molar-refractivity contribution < 1.29 is 0 Å². The minimum absolute atomic E-state index is 0.385. The molecule has 0 amide bonds. The first-order chi connectivity index (χ1) is 13.7. The van der Waals surface area contributed by atoms with Crippen molar-refractivity contribution in [2.75, 3.05) is 5.32 Å². The van der Waals surface area contributed by atoms with Gasteiger partial charge in [-0.15, -0.1) is 0 Å². The Kier molecular flexibility index (Phi) is 5.41. The van der Waals surface area contributed by atoms with Crippen LogP contribution >= 0.6 is 23.8 Å². The molecule has 1 N–H and O–H groups in total. The summed E-state index contributed by atoms with van der Waals surface area (Å²) in [5.74, 6) is 0.843. The third kappa shape index (κ3) is 4.24. The van der Waals surface area contributed by atoms with E-state index in [9.17, 15) is 0 Å². The Bertz CT molecular complexity index is 1140. The molecule has 0 aliphatic heterocycles. The average Bonchev–Trinajstić information content (AvgIpc) is 3.13. The zero-order valence-electron chi connectivity index (χ0n) is 15.2. The molecule has 0 spiro atoms. The number of hydrogen-bond donors (Lipinski definition) is 1. The van der Waals surface area contributed by atoms with Gasteiger partial charge in [-0.3, -0.25) is 0 Å². The first-order valence-corrected chi connectivity index (χ1v) is 10.0. The van der Waals surface area contributed by atoms with Crippen LogP contribution in [0.3, 0.4) is 0 Å². The van der Waals surface area contributed by atoms with Crippen molar-refractivity contribution in [2.24, 2.45) is 4.99 Å². The van der Waals surface area contributed by atoms with Crippen molar-refractivity contribution in [1.82, 2.24) is 8.94 Å². The molecular formula is C22H18N4S2. The van der Waals surface area contributed by atoms with Crippen LogP contribution < -0.4 is 10.1 Å². The molecule has 0 unspecified atom stereocenters. The Hall–Kier alpha value is -3.09. The van der Waals surface area contributed by atoms with Crippen molar-refractivity contribution in [3.8, 4) is 17.1 Å². The highest BCUT2D eigenvalue weighted by Crippen LogP contribution is 2.22. The zero-order valence-corrected chi connectivity index (χ0v) is 16.9. The molecule has 0 aliphatic carbocycles. The number of thiocarbonyl (C=S) groups is 1. The van der Waals surface area contributed by atoms with Crippen LogP contribution in [0.1, 0.15) is 5.56 Å². The summed E-state index contributed by atoms with van der Waals surface area (Å²) >= 11 is 6.86. The van der Waals surface area contributed by atoms with Crippen molar-refractivity contribution in [1.29, 1.82) is 0 Å². The molecule has 28 heavy (non-hydrogen) atoms. The smallest absolute Gasteiger partial charge is 0.230 e. The van der Waals surface area contributed by atoms with Crippen LogP contribution in [0, 0.1) is 6.92 Å². The van der Waals surface area contributed by atoms with Crippen molar-refractivity contribution in [2.45, 2.75) is 6.92 Å². The summed E-state index contributed by atoms with van der Waals surface area (Å²) in [7, 11) is 0. The number of aromatic nitrogens is 2. The van der Waals surface area contributed by atoms with E-state index in [-0.39, 0.29) is 0 Å². The lowest BCUT2D eigenvalue weighted by atomic mass is 10.2. The van der Waals surface area contributed by atoms with Gasteiger partial charge in [0.25, 0.3) is 0 Å². The molecule has 4 nitrogen and oxygen atoms in total. The highest BCUT2D eigenvalue weighted by Gasteiger charge is 2.11. The quantitative estimate of drug-likeness (QED) is 0.479. The number of anilines is 1. The molecule has 4 aromatic rings. The third-order valence-corrected chi connectivity index (χ3v) is 5.20. The molecule has 1 heterocycles. The van der Waals surface area contributed by atoms with Crippen LogP contribution in [0.25, 0.3) is 17.1 Å². The predicted molar refractivity (Wildman–Crippen MR) is 120 cm³/mol. The van der Waals surface area contributed by atoms with Crippen molar-refractivity contribution in [3.05, 3.63) is 95.3 Å². The molecule has 0 saturated carbocycles. The summed E-state index contributed by atoms with van der Waals surface area (Å²) < 4.78 is 2.08. The Labute approximate surface area is 173 Å². The van der Waals surface area contributed by atoms with E-state index < -0.39 is 0 Å². The van der Waals surface area contributed by atoms with E-state index in [1.54, 1.807) is 0 Å². The Morgan fingerprint density at radius 1 is 0.929 bits per heavy atom. The van der Waals surface area contributed by atoms with Gasteiger partial charge in [-0.2, -0.15) is 9.98 Å². The fraction of sp³-hybridized carbons (Fsp3) is 0.0455. The van der Waals surface area contributed by atoms with Gasteiger partial charge in [-0.25, -0.2) is 3.96 Å². The largest absolute Gasteiger partial charge is 0.331 e. The predicted octanol–water partition coefficient (Wildman–Crippen LogP) is 5.21. The summed E-state index contributed by atoms with van der Waals surface area (Å²) in [6, 6.07) is 28.2. The van der Waals surface area contributed by atoms with Gasteiger partial charge in [-0.05, 0) is 54.9 Å². The molecule has 1 aromatic heterocycles. The van der Waals surface area contributed by atoms with Crippen LogP contribution in [-0.2, 0) is 0 Å². The van der Waals surface area contributed by atoms with Gasteiger partial charge in [0, 0.05) is 11.3 Å². The number of hydrogen-bond acceptors (Lipinski definition) is 3. The maximum absolute atomic E-state index is 5.40. The topological polar surface area (TPSA) is 42.2 Å². The highest BCUT2D eigenvalue weighted by atomic mass is 32.1. The van der Waals surface area contributed by atoms with Gasteiger partial charge in [0.1, 0.15) is 0 Å². The number of benzene rings is 3. The van der Waals surface area contributed by atoms with E-state index >= 15 is 0 Å². The second-order valence-electron chi connectivity index (χ2n) is 6.21. The van der Waals surface area contributed by atoms with Crippen LogP contribution in [0.4, 0.5) is 5.69 Å². The molecule has 4 rings (SSSR count). The molecule has 0 atom stereocenters. The Morgan fingerprint density at radius 2 is 1.57 bits per heavy atom. The summed E-state index contributed by atoms with van der Waals surface area (Å²) in [6.45, 7) is 2.08. The molecule has 0 fully saturated rings. The zero-order chi connectivity index (χ0) is 19.3. The lowest BCUT2D eigenvalue weighted by molar-refractivity contribution is 1.13. The van der Waals surface area contributed by atoms with Crippen LogP contribution in [-0.4, -0.2) is 14.1 Å². The molecule has 0 bridgehead atoms. The first-order valence-electron chi connectivity index (χ1n) is 8.83. The summed E-state index contributed by atoms with van der Waals surface area (Å²) in [6.07, 6.45) is 0. The van der Waals surface area contributed by atoms with Gasteiger partial charge in [0.15, 0.2) is 10.9 Å². The lowest BCUT2D eigenvalue weighted by Crippen LogP contribution is -2.11. The standard InChI is InChI=1S/C22H18N4S2/c1-16-12-14-19(15-13-16)26-20(17-8-4-2-5-9-17)24-22(28-26)25-21(27)23-18-10-6-3-7-11-18/h2-15H,1H3,(H,23,27). The summed E-state index contributed by atoms with van der Waals surface area (Å²) in [4.78, 5) is 9.86. The third-order valence-electron chi connectivity index (χ3n) is 4.09. The summed E-state index contributed by atoms with van der Waals surface area (Å²) in [5.41, 5.74) is 4.20. The molecule has 0 saturated heterocycles. The van der Waals surface area contributed by atoms with Gasteiger partial charge in [-0.1, -0.05) is 66.2 Å². The molecule has 0 aliphatic rings. The van der Waals surface area contributed by atoms with Crippen LogP contribution in [0.5, 0.6) is 0 Å². The second kappa shape index (κ2) is 8.29. The number of para-hydroxylation sites is 1. The number of nitrogens with zero attached hydrogens (tertiary/aromatic N) is 3. The normalized spacial score (nSPS) is 11.4. The van der Waals surface area contributed by atoms with E-state index in [0.717, 1.165) is 22.8 Å². The minimum atomic E-state index is 0.385. The number of aryl methyl sites for hydroxylation is 1. The van der Waals surface area contributed by atoms with Crippen LogP contribution in [0.2, 0.25) is 0 Å². The minimum Gasteiger partial charge on any atom is -0.331 e. The molecule has 3 aromatic carbocycles. The van der Waals surface area contributed by atoms with E-state index in [2.05, 4.69) is 45.5 Å². The maximum Gasteiger partial charge on any atom is 0.230 e. The number of nitrogens with one attached hydrogen (secondary N) is 1. The molecular weight excluding hydrogens is 384 g/mol. The first kappa shape index (κ1) is 18.3. The van der Waals surface area contributed by atoms with Gasteiger partial charge < -0.3 is 5.32 Å². The maximum atomic E-state index is 5.40. The van der Waals surface area contributed by atoms with E-state index in [0.29, 0.717) is 9.91 Å². The van der Waals surface area contributed by atoms with Crippen molar-refractivity contribution >= 4 is 34.6 Å². The van der Waals surface area contributed by atoms with Gasteiger partial charge in [0.05, 0.1) is 5.69 Å². The van der Waals surface area contributed by atoms with E-state index in [4.69, 9.17) is 17.2 Å². The van der Waals surface area contributed by atoms with Crippen LogP contribution in [0.15, 0.2) is 89.9 Å². The highest BCUT2D eigenvalue weighted by molar-refractivity contribution is 7.80. The summed E-state index contributed by atoms with van der Waals surface area (Å²) in [5, 5.41) is 3.51. The van der Waals surface area contributed by atoms with E-state index in [1.807, 2.05) is 60.7 Å². The van der Waals surface area contributed by atoms with E-state index in [1.165, 1.54) is 17.1 Å². The fourth-order valence-corrected chi connectivity index (χ4v) is 3.86. The van der Waals surface area contributed by atoms with Gasteiger partial charge in [0.2, 0.25) is 4.80 Å². The monoisotopic (exact) mass is 402 g/mol. The Balaban J connectivity index is 1.74. The lowest BCUT2D eigenvalue weighted by Gasteiger charge is -2.06. The number of rotatable bonds is 3. The average molecular weight is 403 g/mol. The molecule has 6 heteroatoms. The Morgan fingerprint density at radius 3 is 2.25 bits per heavy atom. The molecule has 138 valence electrons. The fourth-order valence-electron chi connectivity index (χ4n) is 2.71. The molecule has 0 radical (unpaired) electrons. The van der Waals surface area contributed by atoms with Crippen molar-refractivity contribution in [3.63, 3.8) is 0 Å².